The van der Waals surface area contributed by atoms with Crippen molar-refractivity contribution >= 4 is 17.2 Å². The average Bonchev–Trinajstić information content (AvgIpc) is 3.33. The standard InChI is InChI=1S/C25H32N4O2S/c1-17-10-18(2)24(19(3)11-17)31-15-21-12-23(32-16-21)25(30)29-8-6-28(7-9-29)14-22-13-27(5)26-20(22)4/h10-13,16H,6-9,14-15H2,1-5H3. The predicted octanol–water partition coefficient (Wildman–Crippen LogP) is 4.25. The van der Waals surface area contributed by atoms with E-state index < -0.39 is 0 Å². The van der Waals surface area contributed by atoms with E-state index in [1.165, 1.54) is 22.5 Å². The molecule has 6 nitrogen and oxygen atoms in total. The second kappa shape index (κ2) is 9.46. The quantitative estimate of drug-likeness (QED) is 0.561. The van der Waals surface area contributed by atoms with Gasteiger partial charge in [-0.05, 0) is 50.3 Å². The van der Waals surface area contributed by atoms with Crippen molar-refractivity contribution in [1.29, 1.82) is 0 Å². The first-order chi connectivity index (χ1) is 15.3. The van der Waals surface area contributed by atoms with Crippen LogP contribution in [-0.2, 0) is 20.2 Å². The summed E-state index contributed by atoms with van der Waals surface area (Å²) in [5.74, 6) is 1.07. The van der Waals surface area contributed by atoms with Crippen LogP contribution in [0.2, 0.25) is 0 Å². The highest BCUT2D eigenvalue weighted by atomic mass is 32.1. The van der Waals surface area contributed by atoms with Gasteiger partial charge >= 0.3 is 0 Å². The minimum Gasteiger partial charge on any atom is -0.488 e. The van der Waals surface area contributed by atoms with Crippen molar-refractivity contribution in [2.45, 2.75) is 40.8 Å². The summed E-state index contributed by atoms with van der Waals surface area (Å²) in [4.78, 5) is 18.2. The van der Waals surface area contributed by atoms with Gasteiger partial charge in [-0.15, -0.1) is 11.3 Å². The van der Waals surface area contributed by atoms with Gasteiger partial charge in [0.2, 0.25) is 0 Å². The Bertz CT molecular complexity index is 1090. The van der Waals surface area contributed by atoms with E-state index in [9.17, 15) is 4.79 Å². The molecule has 170 valence electrons. The first-order valence-electron chi connectivity index (χ1n) is 11.1. The van der Waals surface area contributed by atoms with Crippen molar-refractivity contribution in [3.8, 4) is 5.75 Å². The van der Waals surface area contributed by atoms with Gasteiger partial charge in [0.05, 0.1) is 10.6 Å². The lowest BCUT2D eigenvalue weighted by molar-refractivity contribution is 0.0633. The van der Waals surface area contributed by atoms with Gasteiger partial charge in [0.25, 0.3) is 5.91 Å². The van der Waals surface area contributed by atoms with Crippen molar-refractivity contribution in [1.82, 2.24) is 19.6 Å². The van der Waals surface area contributed by atoms with Crippen LogP contribution in [0.25, 0.3) is 0 Å². The maximum atomic E-state index is 13.0. The number of hydrogen-bond acceptors (Lipinski definition) is 5. The molecule has 1 aliphatic rings. The molecule has 1 fully saturated rings. The van der Waals surface area contributed by atoms with E-state index in [1.807, 2.05) is 28.1 Å². The van der Waals surface area contributed by atoms with E-state index in [0.29, 0.717) is 6.61 Å². The largest absolute Gasteiger partial charge is 0.488 e. The van der Waals surface area contributed by atoms with Gasteiger partial charge in [0.15, 0.2) is 0 Å². The molecule has 0 atom stereocenters. The molecule has 1 aliphatic heterocycles. The number of hydrogen-bond donors (Lipinski definition) is 0. The summed E-state index contributed by atoms with van der Waals surface area (Å²) in [5.41, 5.74) is 6.92. The Morgan fingerprint density at radius 1 is 1.06 bits per heavy atom. The number of aromatic nitrogens is 2. The summed E-state index contributed by atoms with van der Waals surface area (Å²) in [6, 6.07) is 6.26. The maximum absolute atomic E-state index is 13.0. The third kappa shape index (κ3) is 5.05. The summed E-state index contributed by atoms with van der Waals surface area (Å²) >= 11 is 1.51. The molecule has 0 unspecified atom stereocenters. The molecule has 1 amide bonds. The summed E-state index contributed by atoms with van der Waals surface area (Å²) in [6.45, 7) is 12.9. The molecule has 0 N–H and O–H groups in total. The minimum absolute atomic E-state index is 0.126. The topological polar surface area (TPSA) is 50.6 Å². The molecule has 32 heavy (non-hydrogen) atoms. The number of piperazine rings is 1. The van der Waals surface area contributed by atoms with E-state index in [0.717, 1.165) is 65.7 Å². The molecule has 0 radical (unpaired) electrons. The smallest absolute Gasteiger partial charge is 0.264 e. The molecule has 0 bridgehead atoms. The first-order valence-corrected chi connectivity index (χ1v) is 12.0. The summed E-state index contributed by atoms with van der Waals surface area (Å²) in [7, 11) is 1.95. The molecule has 0 aliphatic carbocycles. The Balaban J connectivity index is 1.31. The molecule has 4 rings (SSSR count). The number of thiophene rings is 1. The fourth-order valence-corrected chi connectivity index (χ4v) is 5.29. The van der Waals surface area contributed by atoms with E-state index in [4.69, 9.17) is 4.74 Å². The van der Waals surface area contributed by atoms with E-state index >= 15 is 0 Å². The molecular formula is C25H32N4O2S. The van der Waals surface area contributed by atoms with Crippen molar-refractivity contribution in [2.75, 3.05) is 26.2 Å². The van der Waals surface area contributed by atoms with Gasteiger partial charge < -0.3 is 9.64 Å². The fourth-order valence-electron chi connectivity index (χ4n) is 4.42. The minimum atomic E-state index is 0.126. The highest BCUT2D eigenvalue weighted by Crippen LogP contribution is 2.26. The zero-order chi connectivity index (χ0) is 22.8. The maximum Gasteiger partial charge on any atom is 0.264 e. The molecule has 2 aromatic heterocycles. The lowest BCUT2D eigenvalue weighted by atomic mass is 10.1. The highest BCUT2D eigenvalue weighted by Gasteiger charge is 2.24. The van der Waals surface area contributed by atoms with E-state index in [1.54, 1.807) is 0 Å². The van der Waals surface area contributed by atoms with Gasteiger partial charge in [-0.3, -0.25) is 14.4 Å². The lowest BCUT2D eigenvalue weighted by Crippen LogP contribution is -2.48. The van der Waals surface area contributed by atoms with Gasteiger partial charge in [-0.2, -0.15) is 5.10 Å². The zero-order valence-electron chi connectivity index (χ0n) is 19.6. The van der Waals surface area contributed by atoms with E-state index in [-0.39, 0.29) is 5.91 Å². The second-order valence-electron chi connectivity index (χ2n) is 8.82. The molecule has 3 aromatic rings. The molecular weight excluding hydrogens is 420 g/mol. The lowest BCUT2D eigenvalue weighted by Gasteiger charge is -2.34. The number of benzene rings is 1. The monoisotopic (exact) mass is 452 g/mol. The number of aryl methyl sites for hydroxylation is 5. The Hall–Kier alpha value is -2.64. The van der Waals surface area contributed by atoms with Crippen LogP contribution in [0.3, 0.4) is 0 Å². The molecule has 0 saturated carbocycles. The van der Waals surface area contributed by atoms with E-state index in [2.05, 4.69) is 56.0 Å². The number of rotatable bonds is 6. The fraction of sp³-hybridized carbons (Fsp3) is 0.440. The van der Waals surface area contributed by atoms with Crippen LogP contribution in [-0.4, -0.2) is 51.7 Å². The molecule has 0 spiro atoms. The van der Waals surface area contributed by atoms with Crippen LogP contribution in [0.15, 0.2) is 29.8 Å². The third-order valence-electron chi connectivity index (χ3n) is 6.02. The van der Waals surface area contributed by atoms with Crippen LogP contribution in [0.1, 0.15) is 43.2 Å². The van der Waals surface area contributed by atoms with Gasteiger partial charge in [0, 0.05) is 57.1 Å². The normalized spacial score (nSPS) is 14.7. The molecule has 7 heteroatoms. The van der Waals surface area contributed by atoms with Gasteiger partial charge in [0.1, 0.15) is 12.4 Å². The SMILES string of the molecule is Cc1cc(C)c(OCc2csc(C(=O)N3CCN(Cc4cn(C)nc4C)CC3)c2)c(C)c1. The first kappa shape index (κ1) is 22.6. The molecule has 1 aromatic carbocycles. The Morgan fingerprint density at radius 3 is 2.38 bits per heavy atom. The number of carbonyl (C=O) groups is 1. The van der Waals surface area contributed by atoms with Gasteiger partial charge in [-0.25, -0.2) is 0 Å². The van der Waals surface area contributed by atoms with Gasteiger partial charge in [-0.1, -0.05) is 17.7 Å². The number of nitrogens with zero attached hydrogens (tertiary/aromatic N) is 4. The zero-order valence-corrected chi connectivity index (χ0v) is 20.5. The van der Waals surface area contributed by atoms with Crippen LogP contribution < -0.4 is 4.74 Å². The van der Waals surface area contributed by atoms with Crippen LogP contribution in [0.4, 0.5) is 0 Å². The van der Waals surface area contributed by atoms with Crippen molar-refractivity contribution in [3.05, 3.63) is 68.2 Å². The Morgan fingerprint density at radius 2 is 1.75 bits per heavy atom. The summed E-state index contributed by atoms with van der Waals surface area (Å²) in [5, 5.41) is 6.46. The van der Waals surface area contributed by atoms with Crippen molar-refractivity contribution in [2.24, 2.45) is 7.05 Å². The van der Waals surface area contributed by atoms with Crippen molar-refractivity contribution < 1.29 is 9.53 Å². The van der Waals surface area contributed by atoms with Crippen LogP contribution in [0.5, 0.6) is 5.75 Å². The average molecular weight is 453 g/mol. The molecule has 3 heterocycles. The van der Waals surface area contributed by atoms with Crippen LogP contribution >= 0.6 is 11.3 Å². The second-order valence-corrected chi connectivity index (χ2v) is 9.73. The molecule has 1 saturated heterocycles. The highest BCUT2D eigenvalue weighted by molar-refractivity contribution is 7.12. The van der Waals surface area contributed by atoms with Crippen LogP contribution in [0, 0.1) is 27.7 Å². The Labute approximate surface area is 194 Å². The summed E-state index contributed by atoms with van der Waals surface area (Å²) < 4.78 is 7.96. The Kier molecular flexibility index (Phi) is 6.67. The predicted molar refractivity (Wildman–Crippen MR) is 128 cm³/mol. The summed E-state index contributed by atoms with van der Waals surface area (Å²) in [6.07, 6.45) is 2.09. The van der Waals surface area contributed by atoms with Crippen molar-refractivity contribution in [3.63, 3.8) is 0 Å². The third-order valence-corrected chi connectivity index (χ3v) is 6.99. The number of ether oxygens (including phenoxy) is 1. The number of carbonyl (C=O) groups excluding carboxylic acids is 1. The number of amides is 1.